The molecule has 1 saturated carbocycles. The Morgan fingerprint density at radius 3 is 1.23 bits per heavy atom. The second-order valence-electron chi connectivity index (χ2n) is 25.5. The van der Waals surface area contributed by atoms with E-state index in [1.165, 1.54) is 283 Å². The van der Waals surface area contributed by atoms with Crippen molar-refractivity contribution in [3.63, 3.8) is 0 Å². The van der Waals surface area contributed by atoms with E-state index in [0.717, 1.165) is 70.8 Å². The van der Waals surface area contributed by atoms with Gasteiger partial charge in [0.1, 0.15) is 5.54 Å². The lowest BCUT2D eigenvalue weighted by molar-refractivity contribution is -0.157. The number of rotatable bonds is 58. The van der Waals surface area contributed by atoms with Gasteiger partial charge in [-0.15, -0.1) is 0 Å². The average Bonchev–Trinajstić information content (AvgIpc) is 3.45. The number of nitrogens with one attached hydrogen (secondary N) is 1. The fraction of sp³-hybridized carbons (Fsp3) is 0.957. The highest BCUT2D eigenvalue weighted by atomic mass is 16.5. The third kappa shape index (κ3) is 37.9. The Balaban J connectivity index is 2.01. The third-order valence-corrected chi connectivity index (χ3v) is 18.4. The number of carbonyl (C=O) groups is 3. The molecule has 2 fully saturated rings. The molecule has 0 aromatic rings. The van der Waals surface area contributed by atoms with Gasteiger partial charge in [0.05, 0.1) is 6.61 Å². The highest BCUT2D eigenvalue weighted by Crippen LogP contribution is 2.40. The minimum absolute atomic E-state index is 0.0107. The van der Waals surface area contributed by atoms with Crippen molar-refractivity contribution in [3.8, 4) is 0 Å². The maximum Gasteiger partial charge on any atom is 0.305 e. The monoisotopic (exact) mass is 1080 g/mol. The molecule has 0 bridgehead atoms. The van der Waals surface area contributed by atoms with Crippen LogP contribution in [-0.2, 0) is 19.1 Å². The Hall–Kier alpha value is -1.63. The Morgan fingerprint density at radius 2 is 0.831 bits per heavy atom. The summed E-state index contributed by atoms with van der Waals surface area (Å²) < 4.78 is 5.98. The van der Waals surface area contributed by atoms with Crippen molar-refractivity contribution in [1.82, 2.24) is 15.1 Å². The number of piperidine rings is 1. The normalized spacial score (nSPS) is 15.0. The molecule has 2 rings (SSSR count). The van der Waals surface area contributed by atoms with Crippen LogP contribution in [-0.4, -0.2) is 72.5 Å². The van der Waals surface area contributed by atoms with E-state index >= 15 is 4.79 Å². The Kier molecular flexibility index (Phi) is 48.7. The summed E-state index contributed by atoms with van der Waals surface area (Å²) >= 11 is 0. The van der Waals surface area contributed by atoms with Crippen molar-refractivity contribution >= 4 is 17.8 Å². The number of hydrogen-bond acceptors (Lipinski definition) is 5. The molecule has 0 spiro atoms. The van der Waals surface area contributed by atoms with Crippen molar-refractivity contribution in [3.05, 3.63) is 0 Å². The van der Waals surface area contributed by atoms with Crippen LogP contribution in [0.3, 0.4) is 0 Å². The summed E-state index contributed by atoms with van der Waals surface area (Å²) in [6.45, 7) is 14.6. The first-order valence-electron chi connectivity index (χ1n) is 35.4. The Bertz CT molecular complexity index is 1290. The highest BCUT2D eigenvalue weighted by Gasteiger charge is 2.51. The van der Waals surface area contributed by atoms with Gasteiger partial charge in [0.25, 0.3) is 0 Å². The van der Waals surface area contributed by atoms with Gasteiger partial charge in [-0.25, -0.2) is 0 Å². The van der Waals surface area contributed by atoms with Crippen molar-refractivity contribution in [2.75, 3.05) is 39.3 Å². The van der Waals surface area contributed by atoms with E-state index in [4.69, 9.17) is 4.74 Å². The molecule has 0 aromatic heterocycles. The molecular formula is C70H135N3O4. The fourth-order valence-electron chi connectivity index (χ4n) is 12.8. The highest BCUT2D eigenvalue weighted by molar-refractivity contribution is 5.93. The van der Waals surface area contributed by atoms with Crippen LogP contribution in [0.2, 0.25) is 0 Å². The minimum atomic E-state index is -0.728. The van der Waals surface area contributed by atoms with Gasteiger partial charge in [0, 0.05) is 25.4 Å². The molecule has 77 heavy (non-hydrogen) atoms. The van der Waals surface area contributed by atoms with Gasteiger partial charge >= 0.3 is 5.97 Å². The van der Waals surface area contributed by atoms with Crippen molar-refractivity contribution in [2.24, 2.45) is 11.8 Å². The summed E-state index contributed by atoms with van der Waals surface area (Å²) in [5.74, 6) is 0.733. The number of nitrogens with zero attached hydrogens (tertiary/aromatic N) is 2. The van der Waals surface area contributed by atoms with E-state index in [-0.39, 0.29) is 23.7 Å². The molecule has 7 nitrogen and oxygen atoms in total. The van der Waals surface area contributed by atoms with E-state index < -0.39 is 5.54 Å². The Morgan fingerprint density at radius 1 is 0.442 bits per heavy atom. The minimum Gasteiger partial charge on any atom is -0.465 e. The molecule has 0 radical (unpaired) electrons. The molecule has 454 valence electrons. The van der Waals surface area contributed by atoms with Crippen LogP contribution < -0.4 is 5.32 Å². The standard InChI is InChI=1S/C70H135N3O4/c1-5-9-13-17-21-24-26-28-30-33-37-43-54-66(55-44-38-34-31-29-27-25-22-18-14-10-6-2)68(75)73(63-50-40-49-62-72-60-47-39-48-61-72)70(57-51-58-70)69(76)71-59-46-45-56-67(74)77-64-65(52-41-35-20-16-12-8-4)53-42-36-32-23-19-15-11-7-3/h65-66H,5-64H2,1-4H3,(H,71,76). The predicted molar refractivity (Wildman–Crippen MR) is 334 cm³/mol. The first-order chi connectivity index (χ1) is 37.9. The summed E-state index contributed by atoms with van der Waals surface area (Å²) in [6, 6.07) is 0. The van der Waals surface area contributed by atoms with Crippen molar-refractivity contribution < 1.29 is 19.1 Å². The van der Waals surface area contributed by atoms with Gasteiger partial charge in [-0.1, -0.05) is 285 Å². The van der Waals surface area contributed by atoms with E-state index in [9.17, 15) is 9.59 Å². The van der Waals surface area contributed by atoms with Crippen LogP contribution >= 0.6 is 0 Å². The molecule has 1 heterocycles. The molecule has 0 aromatic carbocycles. The maximum atomic E-state index is 15.3. The number of hydrogen-bond donors (Lipinski definition) is 1. The van der Waals surface area contributed by atoms with Crippen molar-refractivity contribution in [2.45, 2.75) is 380 Å². The molecule has 7 heteroatoms. The van der Waals surface area contributed by atoms with Gasteiger partial charge in [0.2, 0.25) is 11.8 Å². The molecule has 1 atom stereocenters. The number of ether oxygens (including phenoxy) is 1. The molecule has 2 amide bonds. The number of likely N-dealkylation sites (tertiary alicyclic amines) is 1. The fourth-order valence-corrected chi connectivity index (χ4v) is 12.8. The number of esters is 1. The largest absolute Gasteiger partial charge is 0.465 e. The zero-order valence-electron chi connectivity index (χ0n) is 52.6. The van der Waals surface area contributed by atoms with Crippen molar-refractivity contribution in [1.29, 1.82) is 0 Å². The summed E-state index contributed by atoms with van der Waals surface area (Å²) in [7, 11) is 0. The van der Waals surface area contributed by atoms with Crippen LogP contribution in [0.1, 0.15) is 374 Å². The molecule has 1 N–H and O–H groups in total. The van der Waals surface area contributed by atoms with Gasteiger partial charge in [0.15, 0.2) is 0 Å². The van der Waals surface area contributed by atoms with Gasteiger partial charge in [-0.05, 0) is 109 Å². The topological polar surface area (TPSA) is 79.0 Å². The number of carbonyl (C=O) groups excluding carboxylic acids is 3. The number of amides is 2. The molecule has 1 aliphatic heterocycles. The maximum absolute atomic E-state index is 15.3. The summed E-state index contributed by atoms with van der Waals surface area (Å²) in [6.07, 6.45) is 66.3. The smallest absolute Gasteiger partial charge is 0.305 e. The lowest BCUT2D eigenvalue weighted by atomic mass is 9.73. The summed E-state index contributed by atoms with van der Waals surface area (Å²) in [4.78, 5) is 47.7. The van der Waals surface area contributed by atoms with Crippen LogP contribution in [0.5, 0.6) is 0 Å². The number of unbranched alkanes of at least 4 members (excludes halogenated alkanes) is 37. The van der Waals surface area contributed by atoms with E-state index in [2.05, 4.69) is 42.8 Å². The van der Waals surface area contributed by atoms with Gasteiger partial charge in [-0.3, -0.25) is 14.4 Å². The van der Waals surface area contributed by atoms with Gasteiger partial charge < -0.3 is 19.9 Å². The first-order valence-corrected chi connectivity index (χ1v) is 35.4. The van der Waals surface area contributed by atoms with Crippen LogP contribution in [0.15, 0.2) is 0 Å². The average molecular weight is 1080 g/mol. The third-order valence-electron chi connectivity index (χ3n) is 18.4. The van der Waals surface area contributed by atoms with Crippen LogP contribution in [0.25, 0.3) is 0 Å². The second-order valence-corrected chi connectivity index (χ2v) is 25.5. The summed E-state index contributed by atoms with van der Waals surface area (Å²) in [5.41, 5.74) is -0.728. The molecule has 1 saturated heterocycles. The second kappa shape index (κ2) is 52.4. The Labute approximate surface area is 481 Å². The lowest BCUT2D eigenvalue weighted by Gasteiger charge is -2.50. The zero-order chi connectivity index (χ0) is 55.4. The molecule has 1 aliphatic carbocycles. The van der Waals surface area contributed by atoms with E-state index in [1.807, 2.05) is 0 Å². The first kappa shape index (κ1) is 71.5. The molecular weight excluding hydrogens is 947 g/mol. The van der Waals surface area contributed by atoms with Gasteiger partial charge in [-0.2, -0.15) is 0 Å². The SMILES string of the molecule is CCCCCCCCCCCCCCC(CCCCCCCCCCCCCC)C(=O)N(CCCCCN1CCCCC1)C1(C(=O)NCCCCC(=O)OCC(CCCCCCCC)CCCCCCCCCC)CCC1. The quantitative estimate of drug-likeness (QED) is 0.0485. The zero-order valence-corrected chi connectivity index (χ0v) is 52.6. The van der Waals surface area contributed by atoms with Crippen LogP contribution in [0.4, 0.5) is 0 Å². The van der Waals surface area contributed by atoms with E-state index in [0.29, 0.717) is 38.5 Å². The van der Waals surface area contributed by atoms with E-state index in [1.54, 1.807) is 0 Å². The molecule has 2 aliphatic rings. The van der Waals surface area contributed by atoms with Crippen LogP contribution in [0, 0.1) is 11.8 Å². The lowest BCUT2D eigenvalue weighted by Crippen LogP contribution is -2.65. The molecule has 1 unspecified atom stereocenters. The summed E-state index contributed by atoms with van der Waals surface area (Å²) in [5, 5.41) is 3.35. The predicted octanol–water partition coefficient (Wildman–Crippen LogP) is 20.9.